The SMILES string of the molecule is COc1ccc(C(C)NC(=O)c2cnn3c(-c4ccccc4)ccnc23)c(OC)c1. The van der Waals surface area contributed by atoms with Crippen LogP contribution in [0.1, 0.15) is 28.9 Å². The van der Waals surface area contributed by atoms with Crippen LogP contribution in [0.5, 0.6) is 11.5 Å². The molecule has 0 spiro atoms. The average molecular weight is 402 g/mol. The highest BCUT2D eigenvalue weighted by Gasteiger charge is 2.20. The van der Waals surface area contributed by atoms with Gasteiger partial charge in [0.15, 0.2) is 5.65 Å². The van der Waals surface area contributed by atoms with Crippen LogP contribution < -0.4 is 14.8 Å². The van der Waals surface area contributed by atoms with Crippen molar-refractivity contribution in [2.24, 2.45) is 0 Å². The minimum absolute atomic E-state index is 0.256. The summed E-state index contributed by atoms with van der Waals surface area (Å²) in [6.07, 6.45) is 3.23. The largest absolute Gasteiger partial charge is 0.497 e. The molecule has 1 unspecified atom stereocenters. The fourth-order valence-electron chi connectivity index (χ4n) is 3.41. The summed E-state index contributed by atoms with van der Waals surface area (Å²) in [5.74, 6) is 1.08. The molecular formula is C23H22N4O3. The molecule has 2 aromatic carbocycles. The van der Waals surface area contributed by atoms with Crippen LogP contribution in [0.3, 0.4) is 0 Å². The van der Waals surface area contributed by atoms with E-state index in [1.54, 1.807) is 37.2 Å². The molecule has 2 heterocycles. The lowest BCUT2D eigenvalue weighted by Crippen LogP contribution is -2.27. The Kier molecular flexibility index (Phi) is 5.34. The number of nitrogens with one attached hydrogen (secondary N) is 1. The van der Waals surface area contributed by atoms with Gasteiger partial charge in [0.1, 0.15) is 17.1 Å². The zero-order valence-corrected chi connectivity index (χ0v) is 17.0. The van der Waals surface area contributed by atoms with E-state index in [0.29, 0.717) is 22.7 Å². The molecular weight excluding hydrogens is 380 g/mol. The molecule has 2 aromatic heterocycles. The second kappa shape index (κ2) is 8.24. The molecule has 1 N–H and O–H groups in total. The molecule has 4 aromatic rings. The summed E-state index contributed by atoms with van der Waals surface area (Å²) in [6, 6.07) is 17.0. The maximum atomic E-state index is 13.0. The van der Waals surface area contributed by atoms with E-state index in [1.165, 1.54) is 0 Å². The van der Waals surface area contributed by atoms with Crippen molar-refractivity contribution in [3.63, 3.8) is 0 Å². The number of carbonyl (C=O) groups is 1. The molecule has 7 heteroatoms. The van der Waals surface area contributed by atoms with Crippen LogP contribution in [0.25, 0.3) is 16.9 Å². The minimum Gasteiger partial charge on any atom is -0.497 e. The third-order valence-corrected chi connectivity index (χ3v) is 4.97. The maximum Gasteiger partial charge on any atom is 0.257 e. The van der Waals surface area contributed by atoms with Crippen LogP contribution in [0.15, 0.2) is 67.0 Å². The zero-order valence-electron chi connectivity index (χ0n) is 17.0. The third kappa shape index (κ3) is 3.57. The highest BCUT2D eigenvalue weighted by Crippen LogP contribution is 2.29. The van der Waals surface area contributed by atoms with Gasteiger partial charge < -0.3 is 14.8 Å². The Labute approximate surface area is 174 Å². The van der Waals surface area contributed by atoms with Gasteiger partial charge in [-0.3, -0.25) is 4.79 Å². The van der Waals surface area contributed by atoms with Crippen molar-refractivity contribution in [1.29, 1.82) is 0 Å². The van der Waals surface area contributed by atoms with Crippen LogP contribution >= 0.6 is 0 Å². The number of methoxy groups -OCH3 is 2. The summed E-state index contributed by atoms with van der Waals surface area (Å²) >= 11 is 0. The summed E-state index contributed by atoms with van der Waals surface area (Å²) in [5, 5.41) is 7.41. The summed E-state index contributed by atoms with van der Waals surface area (Å²) in [6.45, 7) is 1.90. The van der Waals surface area contributed by atoms with Crippen LogP contribution in [-0.4, -0.2) is 34.7 Å². The van der Waals surface area contributed by atoms with Crippen molar-refractivity contribution < 1.29 is 14.3 Å². The van der Waals surface area contributed by atoms with Crippen molar-refractivity contribution in [2.75, 3.05) is 14.2 Å². The number of rotatable bonds is 6. The number of nitrogens with zero attached hydrogens (tertiary/aromatic N) is 3. The zero-order chi connectivity index (χ0) is 21.1. The Balaban J connectivity index is 1.63. The van der Waals surface area contributed by atoms with Crippen LogP contribution in [0, 0.1) is 0 Å². The first-order valence-electron chi connectivity index (χ1n) is 9.53. The highest BCUT2D eigenvalue weighted by atomic mass is 16.5. The van der Waals surface area contributed by atoms with Gasteiger partial charge in [0.25, 0.3) is 5.91 Å². The lowest BCUT2D eigenvalue weighted by atomic mass is 10.1. The van der Waals surface area contributed by atoms with Gasteiger partial charge in [0.2, 0.25) is 0 Å². The monoisotopic (exact) mass is 402 g/mol. The molecule has 0 aliphatic carbocycles. The Morgan fingerprint density at radius 2 is 1.87 bits per heavy atom. The second-order valence-electron chi connectivity index (χ2n) is 6.79. The summed E-state index contributed by atoms with van der Waals surface area (Å²) in [4.78, 5) is 17.4. The topological polar surface area (TPSA) is 77.8 Å². The van der Waals surface area contributed by atoms with Gasteiger partial charge in [-0.1, -0.05) is 30.3 Å². The Bertz CT molecular complexity index is 1190. The van der Waals surface area contributed by atoms with E-state index >= 15 is 0 Å². The predicted molar refractivity (Wildman–Crippen MR) is 114 cm³/mol. The number of benzene rings is 2. The number of aromatic nitrogens is 3. The number of hydrogen-bond donors (Lipinski definition) is 1. The van der Waals surface area contributed by atoms with Crippen molar-refractivity contribution in [3.8, 4) is 22.8 Å². The fraction of sp³-hybridized carbons (Fsp3) is 0.174. The average Bonchev–Trinajstić information content (AvgIpc) is 3.23. The quantitative estimate of drug-likeness (QED) is 0.529. The molecule has 0 saturated carbocycles. The van der Waals surface area contributed by atoms with E-state index in [2.05, 4.69) is 15.4 Å². The van der Waals surface area contributed by atoms with Crippen molar-refractivity contribution in [2.45, 2.75) is 13.0 Å². The van der Waals surface area contributed by atoms with Crippen LogP contribution in [0.2, 0.25) is 0 Å². The highest BCUT2D eigenvalue weighted by molar-refractivity contribution is 6.00. The van der Waals surface area contributed by atoms with Gasteiger partial charge in [0, 0.05) is 23.4 Å². The first kappa shape index (κ1) is 19.4. The van der Waals surface area contributed by atoms with Crippen molar-refractivity contribution in [3.05, 3.63) is 78.1 Å². The van der Waals surface area contributed by atoms with Gasteiger partial charge in [-0.05, 0) is 25.1 Å². The van der Waals surface area contributed by atoms with E-state index in [0.717, 1.165) is 16.8 Å². The number of hydrogen-bond acceptors (Lipinski definition) is 5. The Hall–Kier alpha value is -3.87. The molecule has 0 aliphatic rings. The Morgan fingerprint density at radius 3 is 2.60 bits per heavy atom. The lowest BCUT2D eigenvalue weighted by Gasteiger charge is -2.17. The number of ether oxygens (including phenoxy) is 2. The van der Waals surface area contributed by atoms with Crippen LogP contribution in [-0.2, 0) is 0 Å². The molecule has 30 heavy (non-hydrogen) atoms. The van der Waals surface area contributed by atoms with E-state index in [9.17, 15) is 4.79 Å². The molecule has 0 fully saturated rings. The van der Waals surface area contributed by atoms with Crippen LogP contribution in [0.4, 0.5) is 0 Å². The fourth-order valence-corrected chi connectivity index (χ4v) is 3.41. The molecule has 152 valence electrons. The predicted octanol–water partition coefficient (Wildman–Crippen LogP) is 3.90. The number of amides is 1. The van der Waals surface area contributed by atoms with E-state index in [-0.39, 0.29) is 11.9 Å². The van der Waals surface area contributed by atoms with E-state index in [4.69, 9.17) is 9.47 Å². The Morgan fingerprint density at radius 1 is 1.07 bits per heavy atom. The first-order chi connectivity index (χ1) is 14.6. The molecule has 1 amide bonds. The van der Waals surface area contributed by atoms with E-state index < -0.39 is 0 Å². The number of carbonyl (C=O) groups excluding carboxylic acids is 1. The molecule has 4 rings (SSSR count). The summed E-state index contributed by atoms with van der Waals surface area (Å²) < 4.78 is 12.4. The maximum absolute atomic E-state index is 13.0. The number of fused-ring (bicyclic) bond motifs is 1. The normalized spacial score (nSPS) is 11.8. The van der Waals surface area contributed by atoms with Gasteiger partial charge in [-0.25, -0.2) is 9.50 Å². The molecule has 1 atom stereocenters. The standard InChI is InChI=1S/C23H22N4O3/c1-15(18-10-9-17(29-2)13-21(18)30-3)26-23(28)19-14-25-27-20(11-12-24-22(19)27)16-7-5-4-6-8-16/h4-15H,1-3H3,(H,26,28). The minimum atomic E-state index is -0.286. The summed E-state index contributed by atoms with van der Waals surface area (Å²) in [5.41, 5.74) is 3.62. The first-order valence-corrected chi connectivity index (χ1v) is 9.53. The second-order valence-corrected chi connectivity index (χ2v) is 6.79. The summed E-state index contributed by atoms with van der Waals surface area (Å²) in [7, 11) is 3.19. The lowest BCUT2D eigenvalue weighted by molar-refractivity contribution is 0.0941. The smallest absolute Gasteiger partial charge is 0.257 e. The van der Waals surface area contributed by atoms with Crippen molar-refractivity contribution >= 4 is 11.6 Å². The van der Waals surface area contributed by atoms with E-state index in [1.807, 2.05) is 55.5 Å². The van der Waals surface area contributed by atoms with Gasteiger partial charge in [-0.2, -0.15) is 5.10 Å². The van der Waals surface area contributed by atoms with Crippen molar-refractivity contribution in [1.82, 2.24) is 19.9 Å². The molecule has 0 bridgehead atoms. The van der Waals surface area contributed by atoms with Gasteiger partial charge in [-0.15, -0.1) is 0 Å². The molecule has 0 saturated heterocycles. The van der Waals surface area contributed by atoms with Gasteiger partial charge >= 0.3 is 0 Å². The molecule has 0 aliphatic heterocycles. The van der Waals surface area contributed by atoms with Gasteiger partial charge in [0.05, 0.1) is 32.2 Å². The molecule has 0 radical (unpaired) electrons. The molecule has 7 nitrogen and oxygen atoms in total. The third-order valence-electron chi connectivity index (χ3n) is 4.97.